The van der Waals surface area contributed by atoms with Gasteiger partial charge in [0, 0.05) is 35.2 Å². The molecule has 3 unspecified atom stereocenters. The first-order valence-corrected chi connectivity index (χ1v) is 7.41. The highest BCUT2D eigenvalue weighted by atomic mass is 16.5. The highest BCUT2D eigenvalue weighted by Gasteiger charge is 2.59. The second kappa shape index (κ2) is 4.56. The summed E-state index contributed by atoms with van der Waals surface area (Å²) in [4.78, 5) is 0. The quantitative estimate of drug-likeness (QED) is 0.939. The molecule has 1 N–H and O–H groups in total. The van der Waals surface area contributed by atoms with Crippen LogP contribution in [0, 0.1) is 11.3 Å². The van der Waals surface area contributed by atoms with Gasteiger partial charge in [-0.05, 0) is 30.7 Å². The van der Waals surface area contributed by atoms with Crippen molar-refractivity contribution in [3.63, 3.8) is 0 Å². The number of ether oxygens (including phenoxy) is 1. The van der Waals surface area contributed by atoms with E-state index in [2.05, 4.69) is 41.5 Å². The van der Waals surface area contributed by atoms with Gasteiger partial charge in [0.1, 0.15) is 0 Å². The maximum atomic E-state index is 5.84. The zero-order valence-corrected chi connectivity index (χ0v) is 12.2. The predicted octanol–water partition coefficient (Wildman–Crippen LogP) is 2.96. The van der Waals surface area contributed by atoms with Crippen LogP contribution in [0.2, 0.25) is 0 Å². The van der Waals surface area contributed by atoms with Crippen molar-refractivity contribution >= 4 is 5.69 Å². The van der Waals surface area contributed by atoms with Crippen molar-refractivity contribution in [1.82, 2.24) is 10.2 Å². The Balaban J connectivity index is 1.50. The van der Waals surface area contributed by atoms with E-state index < -0.39 is 0 Å². The zero-order valence-electron chi connectivity index (χ0n) is 12.2. The number of nitrogens with one attached hydrogen (secondary N) is 1. The smallest absolute Gasteiger partial charge is 0.247 e. The van der Waals surface area contributed by atoms with Crippen molar-refractivity contribution in [1.29, 1.82) is 0 Å². The Kier molecular flexibility index (Phi) is 2.79. The molecule has 0 radical (unpaired) electrons. The minimum absolute atomic E-state index is 0.187. The molecular formula is C16H19N3O2. The first-order valence-electron chi connectivity index (χ1n) is 7.41. The number of rotatable bonds is 3. The largest absolute Gasteiger partial charge is 0.423 e. The third kappa shape index (κ3) is 1.95. The maximum Gasteiger partial charge on any atom is 0.247 e. The summed E-state index contributed by atoms with van der Waals surface area (Å²) in [5.41, 5.74) is 2.25. The summed E-state index contributed by atoms with van der Waals surface area (Å²) in [5, 5.41) is 11.3. The number of nitrogens with zero attached hydrogens (tertiary/aromatic N) is 2. The molecule has 21 heavy (non-hydrogen) atoms. The minimum atomic E-state index is 0.187. The lowest BCUT2D eigenvalue weighted by Gasteiger charge is -2.55. The molecule has 110 valence electrons. The Morgan fingerprint density at radius 2 is 2.05 bits per heavy atom. The molecule has 2 fully saturated rings. The van der Waals surface area contributed by atoms with Gasteiger partial charge in [-0.15, -0.1) is 10.2 Å². The monoisotopic (exact) mass is 285 g/mol. The standard InChI is InChI=1S/C16H19N3O2/c1-16(2)13(12-7-8-20-14(12)16)18-11-5-3-10(4-6-11)15-19-17-9-21-15/h3-6,9,12-14,18H,7-8H2,1-2H3. The molecule has 4 rings (SSSR count). The Labute approximate surface area is 123 Å². The molecule has 1 saturated carbocycles. The van der Waals surface area contributed by atoms with E-state index >= 15 is 0 Å². The number of benzene rings is 1. The molecule has 5 heteroatoms. The van der Waals surface area contributed by atoms with Crippen LogP contribution in [0.3, 0.4) is 0 Å². The molecule has 5 nitrogen and oxygen atoms in total. The Hall–Kier alpha value is -1.88. The van der Waals surface area contributed by atoms with Gasteiger partial charge in [0.25, 0.3) is 0 Å². The third-order valence-corrected chi connectivity index (χ3v) is 4.91. The Morgan fingerprint density at radius 1 is 1.24 bits per heavy atom. The van der Waals surface area contributed by atoms with E-state index in [9.17, 15) is 0 Å². The van der Waals surface area contributed by atoms with Crippen LogP contribution in [0.1, 0.15) is 20.3 Å². The van der Waals surface area contributed by atoms with Crippen LogP contribution in [-0.4, -0.2) is 29.0 Å². The minimum Gasteiger partial charge on any atom is -0.423 e. The van der Waals surface area contributed by atoms with Crippen LogP contribution in [-0.2, 0) is 4.74 Å². The van der Waals surface area contributed by atoms with Crippen molar-refractivity contribution in [3.05, 3.63) is 30.7 Å². The second-order valence-corrected chi connectivity index (χ2v) is 6.51. The molecular weight excluding hydrogens is 266 g/mol. The fourth-order valence-electron chi connectivity index (χ4n) is 3.80. The van der Waals surface area contributed by atoms with E-state index in [1.165, 1.54) is 6.39 Å². The molecule has 2 heterocycles. The lowest BCUT2D eigenvalue weighted by Crippen LogP contribution is -2.63. The normalized spacial score (nSPS) is 29.7. The van der Waals surface area contributed by atoms with Crippen LogP contribution in [0.4, 0.5) is 5.69 Å². The van der Waals surface area contributed by atoms with Crippen molar-refractivity contribution < 1.29 is 9.15 Å². The average molecular weight is 285 g/mol. The van der Waals surface area contributed by atoms with Gasteiger partial charge in [-0.2, -0.15) is 0 Å². The number of anilines is 1. The van der Waals surface area contributed by atoms with Gasteiger partial charge in [0.15, 0.2) is 0 Å². The molecule has 0 spiro atoms. The summed E-state index contributed by atoms with van der Waals surface area (Å²) in [5.74, 6) is 1.19. The molecule has 2 aromatic rings. The van der Waals surface area contributed by atoms with Crippen LogP contribution < -0.4 is 5.32 Å². The van der Waals surface area contributed by atoms with Crippen molar-refractivity contribution in [2.24, 2.45) is 11.3 Å². The summed E-state index contributed by atoms with van der Waals surface area (Å²) < 4.78 is 11.0. The van der Waals surface area contributed by atoms with Gasteiger partial charge in [-0.1, -0.05) is 13.8 Å². The SMILES string of the molecule is CC1(C)C(Nc2ccc(-c3nnco3)cc2)C2CCOC21. The fourth-order valence-corrected chi connectivity index (χ4v) is 3.80. The van der Waals surface area contributed by atoms with Gasteiger partial charge < -0.3 is 14.5 Å². The van der Waals surface area contributed by atoms with Crippen LogP contribution in [0.5, 0.6) is 0 Å². The van der Waals surface area contributed by atoms with Crippen molar-refractivity contribution in [3.8, 4) is 11.5 Å². The van der Waals surface area contributed by atoms with Crippen molar-refractivity contribution in [2.45, 2.75) is 32.4 Å². The van der Waals surface area contributed by atoms with E-state index in [0.29, 0.717) is 24.0 Å². The number of hydrogen-bond donors (Lipinski definition) is 1. The maximum absolute atomic E-state index is 5.84. The van der Waals surface area contributed by atoms with Crippen LogP contribution >= 0.6 is 0 Å². The molecule has 0 amide bonds. The molecule has 1 saturated heterocycles. The summed E-state index contributed by atoms with van der Waals surface area (Å²) in [7, 11) is 0. The van der Waals surface area contributed by atoms with E-state index in [4.69, 9.17) is 9.15 Å². The first-order chi connectivity index (χ1) is 10.2. The van der Waals surface area contributed by atoms with Gasteiger partial charge in [-0.3, -0.25) is 0 Å². The molecule has 1 aromatic carbocycles. The highest BCUT2D eigenvalue weighted by molar-refractivity contribution is 5.58. The van der Waals surface area contributed by atoms with Crippen LogP contribution in [0.25, 0.3) is 11.5 Å². The van der Waals surface area contributed by atoms with Gasteiger partial charge in [0.2, 0.25) is 12.3 Å². The van der Waals surface area contributed by atoms with Gasteiger partial charge in [0.05, 0.1) is 6.10 Å². The second-order valence-electron chi connectivity index (χ2n) is 6.51. The van der Waals surface area contributed by atoms with E-state index in [0.717, 1.165) is 24.3 Å². The predicted molar refractivity (Wildman–Crippen MR) is 78.8 cm³/mol. The van der Waals surface area contributed by atoms with Crippen LogP contribution in [0.15, 0.2) is 35.1 Å². The molecule has 0 bridgehead atoms. The summed E-state index contributed by atoms with van der Waals surface area (Å²) in [6.07, 6.45) is 2.91. The van der Waals surface area contributed by atoms with Crippen molar-refractivity contribution in [2.75, 3.05) is 11.9 Å². The number of fused-ring (bicyclic) bond motifs is 1. The van der Waals surface area contributed by atoms with Gasteiger partial charge >= 0.3 is 0 Å². The van der Waals surface area contributed by atoms with Gasteiger partial charge in [-0.25, -0.2) is 0 Å². The molecule has 1 aliphatic carbocycles. The Bertz CT molecular complexity index is 621. The molecule has 3 atom stereocenters. The zero-order chi connectivity index (χ0) is 14.4. The molecule has 1 aromatic heterocycles. The lowest BCUT2D eigenvalue weighted by molar-refractivity contribution is -0.0923. The first kappa shape index (κ1) is 12.8. The van der Waals surface area contributed by atoms with E-state index in [1.807, 2.05) is 12.1 Å². The number of hydrogen-bond acceptors (Lipinski definition) is 5. The summed E-state index contributed by atoms with van der Waals surface area (Å²) in [6.45, 7) is 5.46. The van der Waals surface area contributed by atoms with E-state index in [1.54, 1.807) is 0 Å². The summed E-state index contributed by atoms with van der Waals surface area (Å²) in [6, 6.07) is 8.62. The molecule has 2 aliphatic rings. The highest BCUT2D eigenvalue weighted by Crippen LogP contribution is 2.53. The topological polar surface area (TPSA) is 60.2 Å². The Morgan fingerprint density at radius 3 is 2.76 bits per heavy atom. The molecule has 1 aliphatic heterocycles. The summed E-state index contributed by atoms with van der Waals surface area (Å²) >= 11 is 0. The average Bonchev–Trinajstić information content (AvgIpc) is 3.16. The number of aromatic nitrogens is 2. The lowest BCUT2D eigenvalue weighted by atomic mass is 9.57. The fraction of sp³-hybridized carbons (Fsp3) is 0.500. The third-order valence-electron chi connectivity index (χ3n) is 4.91. The van der Waals surface area contributed by atoms with E-state index in [-0.39, 0.29) is 5.41 Å².